The highest BCUT2D eigenvalue weighted by Gasteiger charge is 2.22. The molecule has 0 spiro atoms. The summed E-state index contributed by atoms with van der Waals surface area (Å²) in [5, 5.41) is 12.2. The van der Waals surface area contributed by atoms with Gasteiger partial charge in [-0.05, 0) is 38.0 Å². The molecule has 9 heteroatoms. The molecule has 1 atom stereocenters. The summed E-state index contributed by atoms with van der Waals surface area (Å²) in [6, 6.07) is 5.62. The summed E-state index contributed by atoms with van der Waals surface area (Å²) in [6.45, 7) is 5.17. The molecular weight excluding hydrogens is 386 g/mol. The molecule has 0 bridgehead atoms. The van der Waals surface area contributed by atoms with Crippen molar-refractivity contribution in [3.63, 3.8) is 0 Å². The molecule has 0 aliphatic carbocycles. The molecule has 1 aromatic heterocycles. The quantitative estimate of drug-likeness (QED) is 0.713. The number of carbonyl (C=O) groups excluding carboxylic acids is 2. The summed E-state index contributed by atoms with van der Waals surface area (Å²) in [5.41, 5.74) is 1.84. The number of thioether (sulfide) groups is 1. The van der Waals surface area contributed by atoms with Gasteiger partial charge in [-0.3, -0.25) is 14.2 Å². The lowest BCUT2D eigenvalue weighted by Crippen LogP contribution is -2.43. The number of likely N-dealkylation sites (tertiary alicyclic amines) is 1. The van der Waals surface area contributed by atoms with Crippen LogP contribution in [0.4, 0.5) is 0 Å². The zero-order chi connectivity index (χ0) is 19.4. The van der Waals surface area contributed by atoms with Crippen LogP contribution in [0.25, 0.3) is 5.69 Å². The summed E-state index contributed by atoms with van der Waals surface area (Å²) in [5.74, 6) is 0.280. The number of hydrogen-bond donors (Lipinski definition) is 1. The van der Waals surface area contributed by atoms with Gasteiger partial charge in [0.2, 0.25) is 11.8 Å². The van der Waals surface area contributed by atoms with Crippen LogP contribution in [0, 0.1) is 6.92 Å². The normalized spacial score (nSPS) is 15.2. The highest BCUT2D eigenvalue weighted by Crippen LogP contribution is 2.23. The van der Waals surface area contributed by atoms with E-state index in [2.05, 4.69) is 15.5 Å². The summed E-state index contributed by atoms with van der Waals surface area (Å²) in [6.07, 6.45) is 3.10. The minimum Gasteiger partial charge on any atom is -0.351 e. The van der Waals surface area contributed by atoms with Gasteiger partial charge in [0, 0.05) is 30.6 Å². The van der Waals surface area contributed by atoms with Crippen LogP contribution in [0.2, 0.25) is 5.02 Å². The van der Waals surface area contributed by atoms with Crippen molar-refractivity contribution in [2.75, 3.05) is 18.8 Å². The van der Waals surface area contributed by atoms with Crippen LogP contribution in [-0.4, -0.2) is 56.4 Å². The highest BCUT2D eigenvalue weighted by molar-refractivity contribution is 7.99. The van der Waals surface area contributed by atoms with Gasteiger partial charge in [0.1, 0.15) is 6.33 Å². The van der Waals surface area contributed by atoms with E-state index in [4.69, 9.17) is 11.6 Å². The smallest absolute Gasteiger partial charge is 0.230 e. The van der Waals surface area contributed by atoms with E-state index in [0.717, 1.165) is 24.2 Å². The van der Waals surface area contributed by atoms with E-state index < -0.39 is 0 Å². The number of amides is 2. The number of aromatic nitrogens is 3. The largest absolute Gasteiger partial charge is 0.351 e. The lowest BCUT2D eigenvalue weighted by molar-refractivity contribution is -0.128. The summed E-state index contributed by atoms with van der Waals surface area (Å²) in [4.78, 5) is 25.7. The van der Waals surface area contributed by atoms with Crippen molar-refractivity contribution in [1.29, 1.82) is 0 Å². The Morgan fingerprint density at radius 3 is 2.96 bits per heavy atom. The molecule has 1 N–H and O–H groups in total. The third-order valence-electron chi connectivity index (χ3n) is 4.36. The molecule has 1 saturated heterocycles. The molecule has 0 saturated carbocycles. The van der Waals surface area contributed by atoms with Gasteiger partial charge < -0.3 is 10.2 Å². The van der Waals surface area contributed by atoms with E-state index in [9.17, 15) is 9.59 Å². The molecule has 3 rings (SSSR count). The van der Waals surface area contributed by atoms with Crippen LogP contribution in [0.5, 0.6) is 0 Å². The van der Waals surface area contributed by atoms with E-state index >= 15 is 0 Å². The molecule has 2 aromatic rings. The fourth-order valence-corrected chi connectivity index (χ4v) is 3.87. The SMILES string of the molecule is Cc1ccc(-n2cnnc2SCC(=O)NC(C)CN2CCCC2=O)cc1Cl. The number of halogens is 1. The number of nitrogens with one attached hydrogen (secondary N) is 1. The Hall–Kier alpha value is -2.06. The van der Waals surface area contributed by atoms with Gasteiger partial charge in [0.15, 0.2) is 5.16 Å². The maximum absolute atomic E-state index is 12.2. The van der Waals surface area contributed by atoms with Crippen molar-refractivity contribution in [3.8, 4) is 5.69 Å². The first-order valence-corrected chi connectivity index (χ1v) is 10.2. The maximum atomic E-state index is 12.2. The highest BCUT2D eigenvalue weighted by atomic mass is 35.5. The van der Waals surface area contributed by atoms with Gasteiger partial charge >= 0.3 is 0 Å². The molecule has 1 fully saturated rings. The van der Waals surface area contributed by atoms with Crippen molar-refractivity contribution >= 4 is 35.2 Å². The molecule has 2 heterocycles. The second-order valence-corrected chi connectivity index (χ2v) is 7.97. The zero-order valence-electron chi connectivity index (χ0n) is 15.3. The van der Waals surface area contributed by atoms with Gasteiger partial charge in [-0.2, -0.15) is 0 Å². The number of rotatable bonds is 7. The topological polar surface area (TPSA) is 80.1 Å². The minimum atomic E-state index is -0.101. The second kappa shape index (κ2) is 8.75. The van der Waals surface area contributed by atoms with Crippen molar-refractivity contribution < 1.29 is 9.59 Å². The van der Waals surface area contributed by atoms with Crippen LogP contribution in [0.3, 0.4) is 0 Å². The third-order valence-corrected chi connectivity index (χ3v) is 5.71. The molecule has 2 amide bonds. The predicted molar refractivity (Wildman–Crippen MR) is 105 cm³/mol. The Balaban J connectivity index is 1.54. The molecule has 0 radical (unpaired) electrons. The van der Waals surface area contributed by atoms with Gasteiger partial charge in [0.25, 0.3) is 0 Å². The molecule has 1 aliphatic rings. The van der Waals surface area contributed by atoms with Gasteiger partial charge in [-0.25, -0.2) is 0 Å². The number of benzene rings is 1. The summed E-state index contributed by atoms with van der Waals surface area (Å²) >= 11 is 7.50. The first-order chi connectivity index (χ1) is 12.9. The van der Waals surface area contributed by atoms with Gasteiger partial charge in [-0.1, -0.05) is 29.4 Å². The van der Waals surface area contributed by atoms with E-state index in [-0.39, 0.29) is 23.6 Å². The molecule has 144 valence electrons. The third kappa shape index (κ3) is 5.01. The van der Waals surface area contributed by atoms with Crippen LogP contribution >= 0.6 is 23.4 Å². The maximum Gasteiger partial charge on any atom is 0.230 e. The Bertz CT molecular complexity index is 841. The van der Waals surface area contributed by atoms with Crippen LogP contribution in [-0.2, 0) is 9.59 Å². The first-order valence-electron chi connectivity index (χ1n) is 8.80. The summed E-state index contributed by atoms with van der Waals surface area (Å²) < 4.78 is 1.80. The number of carbonyl (C=O) groups is 2. The van der Waals surface area contributed by atoms with Crippen molar-refractivity contribution in [1.82, 2.24) is 25.0 Å². The fraction of sp³-hybridized carbons (Fsp3) is 0.444. The van der Waals surface area contributed by atoms with Crippen LogP contribution < -0.4 is 5.32 Å². The predicted octanol–water partition coefficient (Wildman–Crippen LogP) is 2.45. The van der Waals surface area contributed by atoms with Crippen LogP contribution in [0.1, 0.15) is 25.3 Å². The van der Waals surface area contributed by atoms with Crippen LogP contribution in [0.15, 0.2) is 29.7 Å². The molecule has 7 nitrogen and oxygen atoms in total. The second-order valence-electron chi connectivity index (χ2n) is 6.62. The molecular formula is C18H22ClN5O2S. The van der Waals surface area contributed by atoms with Gasteiger partial charge in [-0.15, -0.1) is 10.2 Å². The van der Waals surface area contributed by atoms with E-state index in [1.54, 1.807) is 15.8 Å². The Kier molecular flexibility index (Phi) is 6.38. The van der Waals surface area contributed by atoms with E-state index in [1.165, 1.54) is 11.8 Å². The number of aryl methyl sites for hydroxylation is 1. The number of nitrogens with zero attached hydrogens (tertiary/aromatic N) is 4. The van der Waals surface area contributed by atoms with Crippen molar-refractivity contribution in [2.45, 2.75) is 37.9 Å². The standard InChI is InChI=1S/C18H22ClN5O2S/c1-12-5-6-14(8-15(12)19)24-11-20-22-18(24)27-10-16(25)21-13(2)9-23-7-3-4-17(23)26/h5-6,8,11,13H,3-4,7,9-10H2,1-2H3,(H,21,25). The van der Waals surface area contributed by atoms with Gasteiger partial charge in [0.05, 0.1) is 11.4 Å². The van der Waals surface area contributed by atoms with Crippen molar-refractivity contribution in [3.05, 3.63) is 35.1 Å². The van der Waals surface area contributed by atoms with E-state index in [0.29, 0.717) is 23.1 Å². The lowest BCUT2D eigenvalue weighted by atomic mass is 10.2. The Labute approximate surface area is 167 Å². The minimum absolute atomic E-state index is 0.0890. The van der Waals surface area contributed by atoms with E-state index in [1.807, 2.05) is 32.0 Å². The molecule has 1 aromatic carbocycles. The molecule has 27 heavy (non-hydrogen) atoms. The Morgan fingerprint density at radius 1 is 1.44 bits per heavy atom. The zero-order valence-corrected chi connectivity index (χ0v) is 16.9. The molecule has 1 unspecified atom stereocenters. The number of hydrogen-bond acceptors (Lipinski definition) is 5. The average molecular weight is 408 g/mol. The monoisotopic (exact) mass is 407 g/mol. The average Bonchev–Trinajstić information content (AvgIpc) is 3.25. The van der Waals surface area contributed by atoms with Crippen molar-refractivity contribution in [2.24, 2.45) is 0 Å². The lowest BCUT2D eigenvalue weighted by Gasteiger charge is -2.21. The Morgan fingerprint density at radius 2 is 2.26 bits per heavy atom. The fourth-order valence-electron chi connectivity index (χ4n) is 2.95. The summed E-state index contributed by atoms with van der Waals surface area (Å²) in [7, 11) is 0. The first kappa shape index (κ1) is 19.7. The molecule has 1 aliphatic heterocycles.